The monoisotopic (exact) mass is 291 g/mol. The van der Waals surface area contributed by atoms with Crippen molar-refractivity contribution < 1.29 is 14.2 Å². The van der Waals surface area contributed by atoms with E-state index in [1.165, 1.54) is 5.56 Å². The molecular formula is C17H25NO3. The number of para-hydroxylation sites is 1. The molecule has 4 nitrogen and oxygen atoms in total. The van der Waals surface area contributed by atoms with Gasteiger partial charge in [-0.3, -0.25) is 0 Å². The van der Waals surface area contributed by atoms with Crippen LogP contribution in [-0.2, 0) is 9.47 Å². The fourth-order valence-corrected chi connectivity index (χ4v) is 3.48. The van der Waals surface area contributed by atoms with Crippen LogP contribution < -0.4 is 10.1 Å². The molecule has 0 unspecified atom stereocenters. The van der Waals surface area contributed by atoms with Crippen molar-refractivity contribution in [1.29, 1.82) is 0 Å². The van der Waals surface area contributed by atoms with E-state index in [0.29, 0.717) is 6.04 Å². The first-order valence-electron chi connectivity index (χ1n) is 7.89. The molecule has 0 radical (unpaired) electrons. The van der Waals surface area contributed by atoms with Crippen LogP contribution in [0.15, 0.2) is 24.3 Å². The van der Waals surface area contributed by atoms with Crippen molar-refractivity contribution in [2.75, 3.05) is 20.3 Å². The van der Waals surface area contributed by atoms with Crippen molar-refractivity contribution >= 4 is 0 Å². The van der Waals surface area contributed by atoms with Gasteiger partial charge in [0, 0.05) is 30.5 Å². The number of rotatable bonds is 4. The summed E-state index contributed by atoms with van der Waals surface area (Å²) in [6, 6.07) is 9.02. The Balaban J connectivity index is 1.57. The van der Waals surface area contributed by atoms with Crippen LogP contribution in [0.2, 0.25) is 0 Å². The molecule has 0 bridgehead atoms. The van der Waals surface area contributed by atoms with Gasteiger partial charge in [0.1, 0.15) is 5.75 Å². The van der Waals surface area contributed by atoms with Gasteiger partial charge in [0.05, 0.1) is 20.3 Å². The smallest absolute Gasteiger partial charge is 0.168 e. The van der Waals surface area contributed by atoms with Crippen molar-refractivity contribution in [3.8, 4) is 5.75 Å². The lowest BCUT2D eigenvalue weighted by Crippen LogP contribution is -2.42. The molecule has 1 aromatic rings. The summed E-state index contributed by atoms with van der Waals surface area (Å²) in [5.41, 5.74) is 1.22. The minimum absolute atomic E-state index is 0.272. The molecule has 1 spiro atoms. The van der Waals surface area contributed by atoms with Crippen molar-refractivity contribution in [3.63, 3.8) is 0 Å². The number of hydrogen-bond donors (Lipinski definition) is 1. The lowest BCUT2D eigenvalue weighted by Gasteiger charge is -2.37. The highest BCUT2D eigenvalue weighted by molar-refractivity contribution is 5.35. The molecule has 1 aromatic carbocycles. The lowest BCUT2D eigenvalue weighted by molar-refractivity contribution is -0.179. The van der Waals surface area contributed by atoms with Crippen molar-refractivity contribution in [3.05, 3.63) is 29.8 Å². The third-order valence-electron chi connectivity index (χ3n) is 4.65. The van der Waals surface area contributed by atoms with Gasteiger partial charge in [-0.1, -0.05) is 18.2 Å². The number of methoxy groups -OCH3 is 1. The molecule has 1 N–H and O–H groups in total. The van der Waals surface area contributed by atoms with Crippen LogP contribution in [0, 0.1) is 0 Å². The Kier molecular flexibility index (Phi) is 4.48. The first kappa shape index (κ1) is 14.8. The van der Waals surface area contributed by atoms with Gasteiger partial charge in [-0.15, -0.1) is 0 Å². The Morgan fingerprint density at radius 2 is 1.86 bits per heavy atom. The molecule has 2 aliphatic rings. The number of hydrogen-bond acceptors (Lipinski definition) is 4. The first-order chi connectivity index (χ1) is 10.2. The Labute approximate surface area is 126 Å². The summed E-state index contributed by atoms with van der Waals surface area (Å²) in [5.74, 6) is 0.679. The van der Waals surface area contributed by atoms with Gasteiger partial charge < -0.3 is 19.5 Å². The van der Waals surface area contributed by atoms with E-state index in [1.807, 2.05) is 12.1 Å². The molecule has 1 atom stereocenters. The van der Waals surface area contributed by atoms with E-state index in [4.69, 9.17) is 14.2 Å². The fourth-order valence-electron chi connectivity index (χ4n) is 3.48. The van der Waals surface area contributed by atoms with Crippen LogP contribution in [0.25, 0.3) is 0 Å². The van der Waals surface area contributed by atoms with Crippen LogP contribution in [-0.4, -0.2) is 32.2 Å². The zero-order chi connectivity index (χ0) is 14.7. The molecule has 116 valence electrons. The zero-order valence-electron chi connectivity index (χ0n) is 12.9. The van der Waals surface area contributed by atoms with Gasteiger partial charge in [0.2, 0.25) is 0 Å². The Morgan fingerprint density at radius 1 is 1.19 bits per heavy atom. The predicted octanol–water partition coefficient (Wildman–Crippen LogP) is 3.03. The largest absolute Gasteiger partial charge is 0.496 e. The van der Waals surface area contributed by atoms with E-state index in [2.05, 4.69) is 24.4 Å². The van der Waals surface area contributed by atoms with E-state index in [9.17, 15) is 0 Å². The van der Waals surface area contributed by atoms with Crippen LogP contribution in [0.1, 0.15) is 44.2 Å². The molecule has 1 saturated carbocycles. The Hall–Kier alpha value is -1.10. The van der Waals surface area contributed by atoms with E-state index in [-0.39, 0.29) is 11.8 Å². The zero-order valence-corrected chi connectivity index (χ0v) is 12.9. The second-order valence-corrected chi connectivity index (χ2v) is 6.01. The summed E-state index contributed by atoms with van der Waals surface area (Å²) < 4.78 is 17.0. The minimum Gasteiger partial charge on any atom is -0.496 e. The average Bonchev–Trinajstić information content (AvgIpc) is 2.98. The summed E-state index contributed by atoms with van der Waals surface area (Å²) in [6.07, 6.45) is 4.17. The van der Waals surface area contributed by atoms with Gasteiger partial charge in [-0.05, 0) is 25.8 Å². The summed E-state index contributed by atoms with van der Waals surface area (Å²) in [5, 5.41) is 3.73. The van der Waals surface area contributed by atoms with Gasteiger partial charge in [0.15, 0.2) is 5.79 Å². The molecule has 1 heterocycles. The standard InChI is InChI=1S/C17H25NO3/c1-13(15-5-3-4-6-16(15)19-2)18-14-7-9-17(10-8-14)20-11-12-21-17/h3-6,13-14,18H,7-12H2,1-2H3/t13-/m1/s1. The summed E-state index contributed by atoms with van der Waals surface area (Å²) >= 11 is 0. The number of ether oxygens (including phenoxy) is 3. The van der Waals surface area contributed by atoms with Gasteiger partial charge in [0.25, 0.3) is 0 Å². The highest BCUT2D eigenvalue weighted by Gasteiger charge is 2.40. The second kappa shape index (κ2) is 6.34. The molecule has 0 amide bonds. The fraction of sp³-hybridized carbons (Fsp3) is 0.647. The van der Waals surface area contributed by atoms with E-state index in [0.717, 1.165) is 44.6 Å². The maximum atomic E-state index is 5.79. The predicted molar refractivity (Wildman–Crippen MR) is 81.4 cm³/mol. The van der Waals surface area contributed by atoms with Gasteiger partial charge in [-0.25, -0.2) is 0 Å². The minimum atomic E-state index is -0.272. The molecule has 2 fully saturated rings. The van der Waals surface area contributed by atoms with Crippen LogP contribution in [0.4, 0.5) is 0 Å². The van der Waals surface area contributed by atoms with Crippen molar-refractivity contribution in [2.24, 2.45) is 0 Å². The molecule has 21 heavy (non-hydrogen) atoms. The van der Waals surface area contributed by atoms with Crippen LogP contribution in [0.3, 0.4) is 0 Å². The quantitative estimate of drug-likeness (QED) is 0.925. The van der Waals surface area contributed by atoms with Crippen molar-refractivity contribution in [1.82, 2.24) is 5.32 Å². The molecule has 3 rings (SSSR count). The van der Waals surface area contributed by atoms with E-state index in [1.54, 1.807) is 7.11 Å². The molecular weight excluding hydrogens is 266 g/mol. The first-order valence-corrected chi connectivity index (χ1v) is 7.89. The molecule has 4 heteroatoms. The van der Waals surface area contributed by atoms with E-state index < -0.39 is 0 Å². The maximum Gasteiger partial charge on any atom is 0.168 e. The Morgan fingerprint density at radius 3 is 2.52 bits per heavy atom. The van der Waals surface area contributed by atoms with E-state index >= 15 is 0 Å². The Bertz CT molecular complexity index is 461. The normalized spacial score (nSPS) is 23.3. The van der Waals surface area contributed by atoms with Crippen molar-refractivity contribution in [2.45, 2.75) is 50.5 Å². The SMILES string of the molecule is COc1ccccc1[C@@H](C)NC1CCC2(CC1)OCCO2. The topological polar surface area (TPSA) is 39.7 Å². The summed E-state index contributed by atoms with van der Waals surface area (Å²) in [4.78, 5) is 0. The summed E-state index contributed by atoms with van der Waals surface area (Å²) in [7, 11) is 1.73. The van der Waals surface area contributed by atoms with Gasteiger partial charge >= 0.3 is 0 Å². The summed E-state index contributed by atoms with van der Waals surface area (Å²) in [6.45, 7) is 3.69. The second-order valence-electron chi connectivity index (χ2n) is 6.01. The number of nitrogens with one attached hydrogen (secondary N) is 1. The molecule has 0 aromatic heterocycles. The highest BCUT2D eigenvalue weighted by Crippen LogP contribution is 2.36. The highest BCUT2D eigenvalue weighted by atomic mass is 16.7. The molecule has 1 aliphatic carbocycles. The lowest BCUT2D eigenvalue weighted by atomic mass is 9.89. The molecule has 1 aliphatic heterocycles. The molecule has 1 saturated heterocycles. The van der Waals surface area contributed by atoms with Gasteiger partial charge in [-0.2, -0.15) is 0 Å². The van der Waals surface area contributed by atoms with Crippen LogP contribution in [0.5, 0.6) is 5.75 Å². The third kappa shape index (κ3) is 3.23. The average molecular weight is 291 g/mol. The third-order valence-corrected chi connectivity index (χ3v) is 4.65. The van der Waals surface area contributed by atoms with Crippen LogP contribution >= 0.6 is 0 Å². The maximum absolute atomic E-state index is 5.79. The number of benzene rings is 1.